The van der Waals surface area contributed by atoms with Gasteiger partial charge in [-0.3, -0.25) is 18.6 Å². The maximum atomic E-state index is 12.9. The third-order valence-electron chi connectivity index (χ3n) is 5.91. The molecule has 0 radical (unpaired) electrons. The molecule has 31 heavy (non-hydrogen) atoms. The van der Waals surface area contributed by atoms with Gasteiger partial charge in [-0.2, -0.15) is 0 Å². The van der Waals surface area contributed by atoms with E-state index in [1.807, 2.05) is 45.9 Å². The molecule has 160 valence electrons. The summed E-state index contributed by atoms with van der Waals surface area (Å²) in [5.41, 5.74) is 1.98. The molecule has 1 saturated heterocycles. The van der Waals surface area contributed by atoms with Crippen molar-refractivity contribution in [1.29, 1.82) is 0 Å². The molecule has 0 unspecified atom stereocenters. The van der Waals surface area contributed by atoms with E-state index in [1.54, 1.807) is 4.57 Å². The van der Waals surface area contributed by atoms with Gasteiger partial charge in [0.2, 0.25) is 11.7 Å². The summed E-state index contributed by atoms with van der Waals surface area (Å²) in [4.78, 5) is 29.8. The fourth-order valence-corrected chi connectivity index (χ4v) is 5.08. The molecule has 1 aromatic carbocycles. The Bertz CT molecular complexity index is 1280. The Morgan fingerprint density at radius 1 is 1.06 bits per heavy atom. The highest BCUT2D eigenvalue weighted by atomic mass is 32.1. The molecule has 1 amide bonds. The van der Waals surface area contributed by atoms with Gasteiger partial charge in [-0.25, -0.2) is 0 Å². The first-order valence-electron chi connectivity index (χ1n) is 10.6. The fraction of sp³-hybridized carbons (Fsp3) is 0.364. The van der Waals surface area contributed by atoms with Gasteiger partial charge in [-0.1, -0.05) is 18.2 Å². The van der Waals surface area contributed by atoms with E-state index in [9.17, 15) is 9.59 Å². The second-order valence-corrected chi connectivity index (χ2v) is 8.56. The highest BCUT2D eigenvalue weighted by molar-refractivity contribution is 7.17. The first kappa shape index (κ1) is 19.7. The Morgan fingerprint density at radius 2 is 1.84 bits per heavy atom. The van der Waals surface area contributed by atoms with Gasteiger partial charge >= 0.3 is 0 Å². The van der Waals surface area contributed by atoms with Crippen molar-refractivity contribution in [2.75, 3.05) is 31.1 Å². The van der Waals surface area contributed by atoms with E-state index >= 15 is 0 Å². The first-order valence-corrected chi connectivity index (χ1v) is 11.5. The fourth-order valence-electron chi connectivity index (χ4n) is 4.26. The maximum Gasteiger partial charge on any atom is 0.272 e. The molecule has 1 aliphatic heterocycles. The molecule has 5 rings (SSSR count). The van der Waals surface area contributed by atoms with Crippen LogP contribution in [0.1, 0.15) is 19.2 Å². The number of anilines is 1. The summed E-state index contributed by atoms with van der Waals surface area (Å²) in [6.45, 7) is 5.56. The number of para-hydroxylation sites is 1. The largest absolute Gasteiger partial charge is 0.368 e. The van der Waals surface area contributed by atoms with E-state index in [4.69, 9.17) is 0 Å². The zero-order chi connectivity index (χ0) is 21.4. The number of amides is 1. The average molecular weight is 437 g/mol. The van der Waals surface area contributed by atoms with Crippen molar-refractivity contribution in [3.8, 4) is 0 Å². The number of carbonyl (C=O) groups excluding carboxylic acids is 1. The van der Waals surface area contributed by atoms with Gasteiger partial charge in [0.05, 0.1) is 5.52 Å². The lowest BCUT2D eigenvalue weighted by Gasteiger charge is -2.36. The van der Waals surface area contributed by atoms with Crippen molar-refractivity contribution < 1.29 is 4.79 Å². The van der Waals surface area contributed by atoms with Crippen LogP contribution in [0.15, 0.2) is 46.6 Å². The molecule has 9 heteroatoms. The predicted octanol–water partition coefficient (Wildman–Crippen LogP) is 2.41. The Labute approximate surface area is 183 Å². The van der Waals surface area contributed by atoms with Crippen LogP contribution < -0.4 is 10.5 Å². The first-order chi connectivity index (χ1) is 15.2. The standard InChI is InChI=1S/C22H24N6O2S/c1-2-27-21(30)20-17(10-15-31-20)28-18(23-24-22(27)28)8-9-19(29)26-13-11-25(12-14-26)16-6-4-3-5-7-16/h3-7,10,15H,2,8-9,11-14H2,1H3. The summed E-state index contributed by atoms with van der Waals surface area (Å²) in [5, 5.41) is 10.5. The number of carbonyl (C=O) groups is 1. The molecule has 0 spiro atoms. The lowest BCUT2D eigenvalue weighted by molar-refractivity contribution is -0.131. The Balaban J connectivity index is 1.30. The van der Waals surface area contributed by atoms with Crippen molar-refractivity contribution in [1.82, 2.24) is 24.1 Å². The van der Waals surface area contributed by atoms with E-state index in [0.29, 0.717) is 29.9 Å². The van der Waals surface area contributed by atoms with E-state index < -0.39 is 0 Å². The number of hydrogen-bond donors (Lipinski definition) is 0. The Kier molecular flexibility index (Phi) is 5.19. The van der Waals surface area contributed by atoms with Gasteiger partial charge < -0.3 is 9.80 Å². The molecule has 0 bridgehead atoms. The molecule has 1 fully saturated rings. The van der Waals surface area contributed by atoms with Crippen LogP contribution in [-0.2, 0) is 17.8 Å². The highest BCUT2D eigenvalue weighted by Crippen LogP contribution is 2.21. The molecular formula is C22H24N6O2S. The van der Waals surface area contributed by atoms with Crippen LogP contribution in [0.2, 0.25) is 0 Å². The smallest absolute Gasteiger partial charge is 0.272 e. The van der Waals surface area contributed by atoms with E-state index in [2.05, 4.69) is 27.2 Å². The van der Waals surface area contributed by atoms with Gasteiger partial charge in [-0.15, -0.1) is 21.5 Å². The number of aryl methyl sites for hydroxylation is 2. The molecule has 0 aliphatic carbocycles. The number of nitrogens with zero attached hydrogens (tertiary/aromatic N) is 6. The second-order valence-electron chi connectivity index (χ2n) is 7.64. The van der Waals surface area contributed by atoms with Crippen LogP contribution in [-0.4, -0.2) is 56.2 Å². The summed E-state index contributed by atoms with van der Waals surface area (Å²) in [7, 11) is 0. The van der Waals surface area contributed by atoms with E-state index in [-0.39, 0.29) is 11.5 Å². The molecule has 4 heterocycles. The predicted molar refractivity (Wildman–Crippen MR) is 122 cm³/mol. The van der Waals surface area contributed by atoms with Crippen molar-refractivity contribution >= 4 is 38.9 Å². The second kappa shape index (κ2) is 8.14. The minimum atomic E-state index is -0.0358. The monoisotopic (exact) mass is 436 g/mol. The summed E-state index contributed by atoms with van der Waals surface area (Å²) >= 11 is 1.43. The minimum Gasteiger partial charge on any atom is -0.368 e. The van der Waals surface area contributed by atoms with E-state index in [1.165, 1.54) is 17.0 Å². The minimum absolute atomic E-state index is 0.0358. The van der Waals surface area contributed by atoms with Crippen LogP contribution in [0.5, 0.6) is 0 Å². The van der Waals surface area contributed by atoms with Gasteiger partial charge in [0, 0.05) is 51.3 Å². The van der Waals surface area contributed by atoms with Crippen molar-refractivity contribution in [2.45, 2.75) is 26.3 Å². The quantitative estimate of drug-likeness (QED) is 0.480. The third-order valence-corrected chi connectivity index (χ3v) is 6.80. The Hall–Kier alpha value is -3.20. The number of aromatic nitrogens is 4. The molecule has 0 saturated carbocycles. The summed E-state index contributed by atoms with van der Waals surface area (Å²) in [6.07, 6.45) is 0.870. The van der Waals surface area contributed by atoms with Crippen LogP contribution in [0.4, 0.5) is 5.69 Å². The topological polar surface area (TPSA) is 75.7 Å². The maximum absolute atomic E-state index is 12.9. The lowest BCUT2D eigenvalue weighted by atomic mass is 10.2. The molecule has 3 aromatic heterocycles. The molecule has 8 nitrogen and oxygen atoms in total. The highest BCUT2D eigenvalue weighted by Gasteiger charge is 2.22. The third kappa shape index (κ3) is 3.48. The summed E-state index contributed by atoms with van der Waals surface area (Å²) in [6, 6.07) is 12.2. The number of piperazine rings is 1. The zero-order valence-electron chi connectivity index (χ0n) is 17.4. The molecule has 1 aliphatic rings. The number of hydrogen-bond acceptors (Lipinski definition) is 6. The van der Waals surface area contributed by atoms with Gasteiger partial charge in [-0.05, 0) is 30.5 Å². The lowest BCUT2D eigenvalue weighted by Crippen LogP contribution is -2.48. The van der Waals surface area contributed by atoms with Crippen LogP contribution in [0, 0.1) is 0 Å². The number of rotatable bonds is 5. The van der Waals surface area contributed by atoms with Crippen molar-refractivity contribution in [3.63, 3.8) is 0 Å². The zero-order valence-corrected chi connectivity index (χ0v) is 18.2. The van der Waals surface area contributed by atoms with Crippen molar-refractivity contribution in [3.05, 3.63) is 58.0 Å². The number of thiophene rings is 1. The van der Waals surface area contributed by atoms with Gasteiger partial charge in [0.25, 0.3) is 5.56 Å². The molecular weight excluding hydrogens is 412 g/mol. The van der Waals surface area contributed by atoms with Crippen LogP contribution in [0.3, 0.4) is 0 Å². The van der Waals surface area contributed by atoms with E-state index in [0.717, 1.165) is 37.5 Å². The average Bonchev–Trinajstić information content (AvgIpc) is 3.46. The van der Waals surface area contributed by atoms with Crippen LogP contribution >= 0.6 is 11.3 Å². The number of benzene rings is 1. The molecule has 4 aromatic rings. The van der Waals surface area contributed by atoms with Gasteiger partial charge in [0.15, 0.2) is 0 Å². The normalized spacial score (nSPS) is 14.6. The Morgan fingerprint density at radius 3 is 2.58 bits per heavy atom. The summed E-state index contributed by atoms with van der Waals surface area (Å²) < 4.78 is 4.26. The molecule has 0 N–H and O–H groups in total. The molecule has 0 atom stereocenters. The summed E-state index contributed by atoms with van der Waals surface area (Å²) in [5.74, 6) is 1.39. The van der Waals surface area contributed by atoms with Gasteiger partial charge in [0.1, 0.15) is 10.5 Å². The van der Waals surface area contributed by atoms with Crippen LogP contribution in [0.25, 0.3) is 16.0 Å². The number of fused-ring (bicyclic) bond motifs is 3. The van der Waals surface area contributed by atoms with Crippen molar-refractivity contribution in [2.24, 2.45) is 0 Å². The SMILES string of the molecule is CCn1c(=O)c2sccc2n2c(CCC(=O)N3CCN(c4ccccc4)CC3)nnc12.